The van der Waals surface area contributed by atoms with Gasteiger partial charge in [-0.25, -0.2) is 0 Å². The third-order valence-electron chi connectivity index (χ3n) is 5.48. The number of furan rings is 1. The van der Waals surface area contributed by atoms with Gasteiger partial charge in [0.15, 0.2) is 5.76 Å². The predicted octanol–water partition coefficient (Wildman–Crippen LogP) is 2.99. The molecule has 2 aromatic rings. The van der Waals surface area contributed by atoms with E-state index in [1.54, 1.807) is 43.3 Å². The number of hydrogen-bond donors (Lipinski definition) is 3. The van der Waals surface area contributed by atoms with Gasteiger partial charge in [0.25, 0.3) is 5.91 Å². The number of aliphatic hydroxyl groups is 1. The number of carbonyl (C=O) groups is 2. The molecule has 2 atom stereocenters. The first-order chi connectivity index (χ1) is 14.5. The fraction of sp³-hybridized carbons (Fsp3) is 0.435. The number of nitriles is 1. The summed E-state index contributed by atoms with van der Waals surface area (Å²) < 4.78 is 5.71. The maximum Gasteiger partial charge on any atom is 0.287 e. The minimum absolute atomic E-state index is 0.0570. The molecule has 0 spiro atoms. The minimum Gasteiger partial charge on any atom is -0.451 e. The molecule has 1 saturated carbocycles. The molecule has 1 heterocycles. The normalized spacial score (nSPS) is 16.3. The molecular formula is C23H27N3O4. The van der Waals surface area contributed by atoms with E-state index in [1.807, 2.05) is 0 Å². The highest BCUT2D eigenvalue weighted by atomic mass is 16.4. The first kappa shape index (κ1) is 21.6. The Morgan fingerprint density at radius 3 is 2.47 bits per heavy atom. The quantitative estimate of drug-likeness (QED) is 0.650. The van der Waals surface area contributed by atoms with E-state index < -0.39 is 11.9 Å². The molecule has 7 nitrogen and oxygen atoms in total. The van der Waals surface area contributed by atoms with Gasteiger partial charge in [-0.3, -0.25) is 9.59 Å². The molecule has 30 heavy (non-hydrogen) atoms. The van der Waals surface area contributed by atoms with Gasteiger partial charge >= 0.3 is 0 Å². The maximum absolute atomic E-state index is 12.8. The lowest BCUT2D eigenvalue weighted by Crippen LogP contribution is -2.53. The summed E-state index contributed by atoms with van der Waals surface area (Å²) in [6.07, 6.45) is 4.95. The number of carbonyl (C=O) groups excluding carboxylic acids is 2. The van der Waals surface area contributed by atoms with Gasteiger partial charge in [0.1, 0.15) is 11.8 Å². The smallest absolute Gasteiger partial charge is 0.287 e. The van der Waals surface area contributed by atoms with E-state index in [4.69, 9.17) is 9.68 Å². The number of nitrogens with zero attached hydrogens (tertiary/aromatic N) is 1. The Balaban J connectivity index is 1.73. The molecular weight excluding hydrogens is 382 g/mol. The van der Waals surface area contributed by atoms with Crippen molar-refractivity contribution in [2.45, 2.75) is 51.1 Å². The lowest BCUT2D eigenvalue weighted by Gasteiger charge is -2.30. The molecule has 1 aromatic carbocycles. The van der Waals surface area contributed by atoms with Crippen molar-refractivity contribution >= 4 is 11.8 Å². The summed E-state index contributed by atoms with van der Waals surface area (Å²) in [6, 6.07) is 11.2. The molecule has 0 bridgehead atoms. The zero-order valence-corrected chi connectivity index (χ0v) is 17.1. The van der Waals surface area contributed by atoms with E-state index in [1.165, 1.54) is 0 Å². The molecule has 158 valence electrons. The van der Waals surface area contributed by atoms with Crippen LogP contribution in [0.3, 0.4) is 0 Å². The number of aliphatic hydroxyl groups excluding tert-OH is 1. The van der Waals surface area contributed by atoms with Crippen LogP contribution in [0.15, 0.2) is 40.8 Å². The number of benzene rings is 1. The number of rotatable bonds is 7. The topological polar surface area (TPSA) is 115 Å². The average molecular weight is 409 g/mol. The molecule has 1 aromatic heterocycles. The van der Waals surface area contributed by atoms with Crippen LogP contribution < -0.4 is 10.6 Å². The van der Waals surface area contributed by atoms with Gasteiger partial charge in [0.2, 0.25) is 5.91 Å². The summed E-state index contributed by atoms with van der Waals surface area (Å²) in [5.74, 6) is -0.0371. The summed E-state index contributed by atoms with van der Waals surface area (Å²) in [4.78, 5) is 25.6. The molecule has 3 rings (SSSR count). The van der Waals surface area contributed by atoms with Gasteiger partial charge in [-0.15, -0.1) is 0 Å². The van der Waals surface area contributed by atoms with Crippen molar-refractivity contribution in [3.8, 4) is 17.4 Å². The van der Waals surface area contributed by atoms with Gasteiger partial charge in [-0.1, -0.05) is 19.3 Å². The standard InChI is InChI=1S/C23H27N3O4/c1-15(14-27)25-23(29)21(18-5-3-2-4-6-18)26-22(28)20-12-11-19(30-20)17-9-7-16(13-24)8-10-17/h7-12,15,18,21,27H,2-6,14H2,1H3,(H,25,29)(H,26,28). The Morgan fingerprint density at radius 2 is 1.83 bits per heavy atom. The summed E-state index contributed by atoms with van der Waals surface area (Å²) in [6.45, 7) is 1.55. The lowest BCUT2D eigenvalue weighted by atomic mass is 9.83. The summed E-state index contributed by atoms with van der Waals surface area (Å²) >= 11 is 0. The Labute approximate surface area is 176 Å². The van der Waals surface area contributed by atoms with Crippen molar-refractivity contribution < 1.29 is 19.1 Å². The Morgan fingerprint density at radius 1 is 1.13 bits per heavy atom. The van der Waals surface area contributed by atoms with Crippen LogP contribution in [0.2, 0.25) is 0 Å². The van der Waals surface area contributed by atoms with Gasteiger partial charge in [-0.05, 0) is 62.1 Å². The minimum atomic E-state index is -0.671. The van der Waals surface area contributed by atoms with Crippen molar-refractivity contribution in [2.75, 3.05) is 6.61 Å². The molecule has 2 unspecified atom stereocenters. The van der Waals surface area contributed by atoms with Crippen molar-refractivity contribution in [2.24, 2.45) is 5.92 Å². The molecule has 0 radical (unpaired) electrons. The van der Waals surface area contributed by atoms with E-state index >= 15 is 0 Å². The Hall–Kier alpha value is -3.11. The second-order valence-electron chi connectivity index (χ2n) is 7.79. The van der Waals surface area contributed by atoms with Crippen LogP contribution >= 0.6 is 0 Å². The highest BCUT2D eigenvalue weighted by Gasteiger charge is 2.32. The zero-order valence-electron chi connectivity index (χ0n) is 17.1. The maximum atomic E-state index is 12.8. The molecule has 3 N–H and O–H groups in total. The summed E-state index contributed by atoms with van der Waals surface area (Å²) in [7, 11) is 0. The van der Waals surface area contributed by atoms with Gasteiger partial charge in [0, 0.05) is 11.6 Å². The summed E-state index contributed by atoms with van der Waals surface area (Å²) in [5.41, 5.74) is 1.30. The number of hydrogen-bond acceptors (Lipinski definition) is 5. The third-order valence-corrected chi connectivity index (χ3v) is 5.48. The second kappa shape index (κ2) is 10.1. The van der Waals surface area contributed by atoms with E-state index in [9.17, 15) is 14.7 Å². The van der Waals surface area contributed by atoms with E-state index in [2.05, 4.69) is 16.7 Å². The largest absolute Gasteiger partial charge is 0.451 e. The predicted molar refractivity (Wildman–Crippen MR) is 111 cm³/mol. The molecule has 0 saturated heterocycles. The molecule has 1 aliphatic carbocycles. The Kier molecular flexibility index (Phi) is 7.26. The fourth-order valence-electron chi connectivity index (χ4n) is 3.78. The molecule has 0 aliphatic heterocycles. The summed E-state index contributed by atoms with van der Waals surface area (Å²) in [5, 5.41) is 23.8. The highest BCUT2D eigenvalue weighted by molar-refractivity contribution is 5.96. The third kappa shape index (κ3) is 5.28. The van der Waals surface area contributed by atoms with Crippen molar-refractivity contribution in [3.05, 3.63) is 47.7 Å². The van der Waals surface area contributed by atoms with Crippen molar-refractivity contribution in [3.63, 3.8) is 0 Å². The zero-order chi connectivity index (χ0) is 21.5. The van der Waals surface area contributed by atoms with Crippen LogP contribution in [0.25, 0.3) is 11.3 Å². The van der Waals surface area contributed by atoms with E-state index in [0.29, 0.717) is 11.3 Å². The lowest BCUT2D eigenvalue weighted by molar-refractivity contribution is -0.125. The molecule has 1 aliphatic rings. The average Bonchev–Trinajstić information content (AvgIpc) is 3.28. The Bertz CT molecular complexity index is 907. The van der Waals surface area contributed by atoms with Crippen LogP contribution in [0.4, 0.5) is 0 Å². The van der Waals surface area contributed by atoms with Crippen LogP contribution in [-0.4, -0.2) is 35.6 Å². The van der Waals surface area contributed by atoms with Crippen LogP contribution in [0.5, 0.6) is 0 Å². The molecule has 1 fully saturated rings. The fourth-order valence-corrected chi connectivity index (χ4v) is 3.78. The number of amides is 2. The van der Waals surface area contributed by atoms with Crippen molar-refractivity contribution in [1.82, 2.24) is 10.6 Å². The SMILES string of the molecule is CC(CO)NC(=O)C(NC(=O)c1ccc(-c2ccc(C#N)cc2)o1)C1CCCCC1. The highest BCUT2D eigenvalue weighted by Crippen LogP contribution is 2.27. The number of nitrogens with one attached hydrogen (secondary N) is 2. The van der Waals surface area contributed by atoms with Crippen LogP contribution in [-0.2, 0) is 4.79 Å². The van der Waals surface area contributed by atoms with Crippen LogP contribution in [0.1, 0.15) is 55.1 Å². The molecule has 2 amide bonds. The van der Waals surface area contributed by atoms with E-state index in [0.717, 1.165) is 37.7 Å². The van der Waals surface area contributed by atoms with Gasteiger partial charge < -0.3 is 20.2 Å². The first-order valence-electron chi connectivity index (χ1n) is 10.3. The molecule has 7 heteroatoms. The van der Waals surface area contributed by atoms with E-state index in [-0.39, 0.29) is 30.2 Å². The van der Waals surface area contributed by atoms with Gasteiger partial charge in [-0.2, -0.15) is 5.26 Å². The van der Waals surface area contributed by atoms with Crippen LogP contribution in [0, 0.1) is 17.2 Å². The monoisotopic (exact) mass is 409 g/mol. The second-order valence-corrected chi connectivity index (χ2v) is 7.79. The first-order valence-corrected chi connectivity index (χ1v) is 10.3. The van der Waals surface area contributed by atoms with Crippen molar-refractivity contribution in [1.29, 1.82) is 5.26 Å². The van der Waals surface area contributed by atoms with Gasteiger partial charge in [0.05, 0.1) is 18.2 Å².